The van der Waals surface area contributed by atoms with Crippen LogP contribution >= 0.6 is 0 Å². The van der Waals surface area contributed by atoms with Crippen molar-refractivity contribution in [3.05, 3.63) is 36.1 Å². The van der Waals surface area contributed by atoms with E-state index in [9.17, 15) is 4.39 Å². The number of anilines is 1. The Kier molecular flexibility index (Phi) is 5.47. The van der Waals surface area contributed by atoms with Gasteiger partial charge in [0, 0.05) is 25.6 Å². The number of nitrogens with two attached hydrogens (primary N) is 1. The van der Waals surface area contributed by atoms with E-state index in [0.29, 0.717) is 35.1 Å². The molecule has 27 heavy (non-hydrogen) atoms. The number of nitrogens with zero attached hydrogens (tertiary/aromatic N) is 3. The first-order chi connectivity index (χ1) is 12.8. The lowest BCUT2D eigenvalue weighted by Crippen LogP contribution is -2.22. The molecule has 0 bridgehead atoms. The third kappa shape index (κ3) is 4.45. The van der Waals surface area contributed by atoms with Crippen LogP contribution in [0.3, 0.4) is 0 Å². The quantitative estimate of drug-likeness (QED) is 0.486. The van der Waals surface area contributed by atoms with E-state index in [2.05, 4.69) is 29.7 Å². The van der Waals surface area contributed by atoms with Crippen LogP contribution in [0.25, 0.3) is 22.3 Å². The lowest BCUT2D eigenvalue weighted by molar-refractivity contribution is 0.0814. The molecular weight excluding hydrogens is 363 g/mol. The highest BCUT2D eigenvalue weighted by Gasteiger charge is 2.18. The van der Waals surface area contributed by atoms with Crippen LogP contribution in [0.4, 0.5) is 10.2 Å². The summed E-state index contributed by atoms with van der Waals surface area (Å²) in [7, 11) is 0.375. The Morgan fingerprint density at radius 2 is 1.96 bits per heavy atom. The Balaban J connectivity index is 1.99. The predicted octanol–water partition coefficient (Wildman–Crippen LogP) is 4.14. The third-order valence-corrected chi connectivity index (χ3v) is 5.95. The Morgan fingerprint density at radius 3 is 2.67 bits per heavy atom. The van der Waals surface area contributed by atoms with Crippen molar-refractivity contribution in [3.63, 3.8) is 0 Å². The summed E-state index contributed by atoms with van der Waals surface area (Å²) in [5.41, 5.74) is 7.61. The van der Waals surface area contributed by atoms with E-state index in [1.165, 1.54) is 12.1 Å². The molecule has 2 heterocycles. The summed E-state index contributed by atoms with van der Waals surface area (Å²) in [6.07, 6.45) is 0. The van der Waals surface area contributed by atoms with Crippen LogP contribution < -0.4 is 10.5 Å². The minimum absolute atomic E-state index is 0.259. The number of ether oxygens (including phenoxy) is 2. The molecule has 0 unspecified atom stereocenters. The molecule has 0 saturated carbocycles. The van der Waals surface area contributed by atoms with E-state index in [4.69, 9.17) is 15.2 Å². The molecule has 0 radical (unpaired) electrons. The number of benzene rings is 1. The van der Waals surface area contributed by atoms with Gasteiger partial charge in [-0.15, -0.1) is 0 Å². The monoisotopic (exact) mass is 388 g/mol. The number of nitrogen functional groups attached to an aromatic ring is 1. The van der Waals surface area contributed by atoms with E-state index in [-0.39, 0.29) is 12.5 Å². The summed E-state index contributed by atoms with van der Waals surface area (Å²) in [5, 5.41) is 5.39. The van der Waals surface area contributed by atoms with E-state index < -0.39 is 8.07 Å². The van der Waals surface area contributed by atoms with Crippen LogP contribution in [0.15, 0.2) is 30.3 Å². The summed E-state index contributed by atoms with van der Waals surface area (Å²) < 4.78 is 26.7. The molecule has 3 aromatic rings. The average molecular weight is 389 g/mol. The van der Waals surface area contributed by atoms with Crippen LogP contribution in [0.1, 0.15) is 0 Å². The molecule has 8 heteroatoms. The minimum atomic E-state index is -1.17. The van der Waals surface area contributed by atoms with Gasteiger partial charge in [-0.3, -0.25) is 0 Å². The van der Waals surface area contributed by atoms with Gasteiger partial charge in [0.25, 0.3) is 0 Å². The highest BCUT2D eigenvalue weighted by Crippen LogP contribution is 2.34. The first-order valence-corrected chi connectivity index (χ1v) is 12.5. The van der Waals surface area contributed by atoms with Crippen molar-refractivity contribution in [2.75, 3.05) is 19.5 Å². The maximum absolute atomic E-state index is 13.9. The second-order valence-electron chi connectivity index (χ2n) is 7.65. The van der Waals surface area contributed by atoms with Crippen LogP contribution in [0.5, 0.6) is 5.75 Å². The molecule has 0 saturated heterocycles. The van der Waals surface area contributed by atoms with Crippen molar-refractivity contribution >= 4 is 24.9 Å². The maximum Gasteiger partial charge on any atom is 0.163 e. The number of rotatable bonds is 7. The topological polar surface area (TPSA) is 75.2 Å². The number of aromatic nitrogens is 3. The van der Waals surface area contributed by atoms with Crippen molar-refractivity contribution in [1.82, 2.24) is 14.8 Å². The largest absolute Gasteiger partial charge is 0.496 e. The van der Waals surface area contributed by atoms with Crippen LogP contribution in [-0.4, -0.2) is 36.6 Å². The Morgan fingerprint density at radius 1 is 1.19 bits per heavy atom. The highest BCUT2D eigenvalue weighted by atomic mass is 28.3. The molecule has 2 N–H and O–H groups in total. The van der Waals surface area contributed by atoms with Crippen molar-refractivity contribution in [3.8, 4) is 17.0 Å². The van der Waals surface area contributed by atoms with Crippen LogP contribution in [-0.2, 0) is 11.5 Å². The molecule has 0 fully saturated rings. The smallest absolute Gasteiger partial charge is 0.163 e. The number of hydrogen-bond donors (Lipinski definition) is 1. The number of halogens is 1. The second kappa shape index (κ2) is 7.65. The Bertz CT molecular complexity index is 953. The standard InChI is InChI=1S/C19H25FN4O2Si/c1-25-16-7-5-13(20)11-15(16)18-14-6-8-17(21)22-19(14)24(23-18)12-26-9-10-27(2,3)4/h5-8,11H,9-10,12H2,1-4H3,(H2,21,22). The lowest BCUT2D eigenvalue weighted by atomic mass is 10.1. The van der Waals surface area contributed by atoms with E-state index in [0.717, 1.165) is 11.4 Å². The molecule has 0 spiro atoms. The van der Waals surface area contributed by atoms with Gasteiger partial charge in [0.15, 0.2) is 5.65 Å². The van der Waals surface area contributed by atoms with Gasteiger partial charge in [0.05, 0.1) is 7.11 Å². The van der Waals surface area contributed by atoms with E-state index in [1.54, 1.807) is 23.9 Å². The Hall–Kier alpha value is -2.45. The summed E-state index contributed by atoms with van der Waals surface area (Å²) in [6, 6.07) is 8.96. The van der Waals surface area contributed by atoms with Crippen molar-refractivity contribution in [2.45, 2.75) is 32.4 Å². The number of pyridine rings is 1. The minimum Gasteiger partial charge on any atom is -0.496 e. The molecule has 0 amide bonds. The normalized spacial score (nSPS) is 11.9. The predicted molar refractivity (Wildman–Crippen MR) is 108 cm³/mol. The molecule has 0 aliphatic carbocycles. The summed E-state index contributed by atoms with van der Waals surface area (Å²) in [6.45, 7) is 7.83. The van der Waals surface area contributed by atoms with E-state index >= 15 is 0 Å². The zero-order valence-electron chi connectivity index (χ0n) is 16.1. The molecule has 144 valence electrons. The summed E-state index contributed by atoms with van der Waals surface area (Å²) in [4.78, 5) is 4.40. The molecule has 0 aliphatic rings. The fourth-order valence-electron chi connectivity index (χ4n) is 2.75. The highest BCUT2D eigenvalue weighted by molar-refractivity contribution is 6.76. The molecule has 6 nitrogen and oxygen atoms in total. The van der Waals surface area contributed by atoms with Gasteiger partial charge >= 0.3 is 0 Å². The van der Waals surface area contributed by atoms with Gasteiger partial charge in [-0.2, -0.15) is 5.10 Å². The Labute approximate surface area is 159 Å². The van der Waals surface area contributed by atoms with Gasteiger partial charge in [0.1, 0.15) is 29.8 Å². The summed E-state index contributed by atoms with van der Waals surface area (Å²) >= 11 is 0. The SMILES string of the molecule is COc1ccc(F)cc1-c1nn(COCC[Si](C)(C)C)c2nc(N)ccc12. The zero-order chi connectivity index (χ0) is 19.6. The molecule has 2 aromatic heterocycles. The van der Waals surface area contributed by atoms with Gasteiger partial charge in [-0.05, 0) is 36.4 Å². The molecule has 3 rings (SSSR count). The van der Waals surface area contributed by atoms with Crippen LogP contribution in [0.2, 0.25) is 25.7 Å². The first-order valence-electron chi connectivity index (χ1n) is 8.83. The van der Waals surface area contributed by atoms with Gasteiger partial charge in [-0.25, -0.2) is 14.1 Å². The number of methoxy groups -OCH3 is 1. The fourth-order valence-corrected chi connectivity index (χ4v) is 3.51. The average Bonchev–Trinajstić information content (AvgIpc) is 2.95. The molecule has 0 atom stereocenters. The van der Waals surface area contributed by atoms with E-state index in [1.807, 2.05) is 6.07 Å². The molecule has 0 aliphatic heterocycles. The van der Waals surface area contributed by atoms with Crippen molar-refractivity contribution in [1.29, 1.82) is 0 Å². The van der Waals surface area contributed by atoms with Gasteiger partial charge in [-0.1, -0.05) is 19.6 Å². The van der Waals surface area contributed by atoms with Crippen molar-refractivity contribution in [2.24, 2.45) is 0 Å². The maximum atomic E-state index is 13.9. The first kappa shape index (κ1) is 19.3. The third-order valence-electron chi connectivity index (χ3n) is 4.24. The van der Waals surface area contributed by atoms with Gasteiger partial charge < -0.3 is 15.2 Å². The molecular formula is C19H25FN4O2Si. The van der Waals surface area contributed by atoms with Gasteiger partial charge in [0.2, 0.25) is 0 Å². The fraction of sp³-hybridized carbons (Fsp3) is 0.368. The molecule has 1 aromatic carbocycles. The lowest BCUT2D eigenvalue weighted by Gasteiger charge is -2.15. The summed E-state index contributed by atoms with van der Waals surface area (Å²) in [5.74, 6) is 0.575. The second-order valence-corrected chi connectivity index (χ2v) is 13.3. The van der Waals surface area contributed by atoms with Crippen LogP contribution in [0, 0.1) is 5.82 Å². The zero-order valence-corrected chi connectivity index (χ0v) is 17.1. The number of hydrogen-bond acceptors (Lipinski definition) is 5. The van der Waals surface area contributed by atoms with Crippen molar-refractivity contribution < 1.29 is 13.9 Å². The number of fused-ring (bicyclic) bond motifs is 1.